The second-order valence-electron chi connectivity index (χ2n) is 0.769. The van der Waals surface area contributed by atoms with Gasteiger partial charge in [0.15, 0.2) is 5.55 Å². The van der Waals surface area contributed by atoms with Crippen molar-refractivity contribution < 1.29 is 13.0 Å². The van der Waals surface area contributed by atoms with Crippen molar-refractivity contribution in [3.8, 4) is 0 Å². The molecule has 3 N–H and O–H groups in total. The monoisotopic (exact) mass is 124 g/mol. The van der Waals surface area contributed by atoms with Crippen LogP contribution in [0.25, 0.3) is 0 Å². The number of hydrogen-bond donors (Lipinski definition) is 2. The highest BCUT2D eigenvalue weighted by Crippen LogP contribution is 1.67. The van der Waals surface area contributed by atoms with E-state index in [-0.39, 0.29) is 5.55 Å². The fourth-order valence-corrected chi connectivity index (χ4v) is 0.231. The highest BCUT2D eigenvalue weighted by Gasteiger charge is 1.92. The fraction of sp³-hybridized carbons (Fsp3) is 0. The summed E-state index contributed by atoms with van der Waals surface area (Å²) in [5, 5.41) is 2.54. The van der Waals surface area contributed by atoms with Crippen molar-refractivity contribution in [3.05, 3.63) is 0 Å². The molecule has 0 aromatic heterocycles. The topological polar surface area (TPSA) is 92.8 Å². The molecule has 0 unspecified atom stereocenters. The largest absolute Gasteiger partial charge is 0.323 e. The number of rotatable bonds is 1. The highest BCUT2D eigenvalue weighted by atomic mass is 32.2. The Morgan fingerprint density at radius 1 is 1.71 bits per heavy atom. The normalized spacial score (nSPS) is 12.7. The lowest BCUT2D eigenvalue weighted by Crippen LogP contribution is -1.98. The minimum atomic E-state index is -4.09. The van der Waals surface area contributed by atoms with Crippen LogP contribution in [0.5, 0.6) is 0 Å². The lowest BCUT2D eigenvalue weighted by Gasteiger charge is -1.75. The summed E-state index contributed by atoms with van der Waals surface area (Å²) < 4.78 is 26.9. The van der Waals surface area contributed by atoms with Gasteiger partial charge < -0.3 is 5.84 Å². The van der Waals surface area contributed by atoms with Gasteiger partial charge in [-0.25, -0.2) is 0 Å². The predicted octanol–water partition coefficient (Wildman–Crippen LogP) is -1.22. The summed E-state index contributed by atoms with van der Waals surface area (Å²) in [6, 6.07) is 0. The van der Waals surface area contributed by atoms with Crippen LogP contribution in [-0.4, -0.2) is 18.5 Å². The lowest BCUT2D eigenvalue weighted by atomic mass is 11.7. The molecule has 0 aromatic carbocycles. The second kappa shape index (κ2) is 1.90. The summed E-state index contributed by atoms with van der Waals surface area (Å²) in [7, 11) is -4.09. The van der Waals surface area contributed by atoms with Crippen LogP contribution in [-0.2, 0) is 10.1 Å². The zero-order valence-electron chi connectivity index (χ0n) is 3.27. The first-order chi connectivity index (χ1) is 3.06. The van der Waals surface area contributed by atoms with Crippen LogP contribution < -0.4 is 5.84 Å². The molecular formula is CH4N2O3S. The lowest BCUT2D eigenvalue weighted by molar-refractivity contribution is 0.499. The maximum atomic E-state index is 9.56. The van der Waals surface area contributed by atoms with Crippen molar-refractivity contribution in [2.45, 2.75) is 0 Å². The molecule has 0 bridgehead atoms. The Morgan fingerprint density at radius 3 is 2.14 bits per heavy atom. The van der Waals surface area contributed by atoms with Gasteiger partial charge in [0.05, 0.1) is 0 Å². The Kier molecular flexibility index (Phi) is 1.73. The van der Waals surface area contributed by atoms with Crippen molar-refractivity contribution in [1.82, 2.24) is 0 Å². The van der Waals surface area contributed by atoms with Crippen LogP contribution in [0.3, 0.4) is 0 Å². The Labute approximate surface area is 40.6 Å². The molecule has 5 nitrogen and oxygen atoms in total. The van der Waals surface area contributed by atoms with Crippen LogP contribution >= 0.6 is 0 Å². The van der Waals surface area contributed by atoms with Gasteiger partial charge in [-0.05, 0) is 0 Å². The van der Waals surface area contributed by atoms with Crippen molar-refractivity contribution in [2.75, 3.05) is 0 Å². The van der Waals surface area contributed by atoms with E-state index in [0.717, 1.165) is 0 Å². The zero-order chi connectivity index (χ0) is 5.91. The van der Waals surface area contributed by atoms with Crippen LogP contribution in [0.15, 0.2) is 5.10 Å². The summed E-state index contributed by atoms with van der Waals surface area (Å²) in [5.41, 5.74) is 0.243. The number of nitrogens with two attached hydrogens (primary N) is 1. The first kappa shape index (κ1) is 6.38. The van der Waals surface area contributed by atoms with E-state index < -0.39 is 10.1 Å². The average molecular weight is 124 g/mol. The molecule has 0 heterocycles. The molecule has 0 rings (SSSR count). The van der Waals surface area contributed by atoms with E-state index in [1.54, 1.807) is 0 Å². The van der Waals surface area contributed by atoms with Crippen molar-refractivity contribution in [2.24, 2.45) is 10.9 Å². The minimum absolute atomic E-state index is 0.243. The molecule has 0 aliphatic rings. The molecule has 0 spiro atoms. The van der Waals surface area contributed by atoms with E-state index >= 15 is 0 Å². The molecule has 0 aliphatic carbocycles. The van der Waals surface area contributed by atoms with Crippen LogP contribution in [0.4, 0.5) is 0 Å². The second-order valence-corrected chi connectivity index (χ2v) is 2.01. The molecule has 0 fully saturated rings. The third-order valence-electron chi connectivity index (χ3n) is 0.194. The maximum absolute atomic E-state index is 9.56. The summed E-state index contributed by atoms with van der Waals surface area (Å²) in [4.78, 5) is 0. The third kappa shape index (κ3) is 5.38. The van der Waals surface area contributed by atoms with E-state index in [9.17, 15) is 8.42 Å². The van der Waals surface area contributed by atoms with Gasteiger partial charge in [0.25, 0.3) is 0 Å². The molecule has 0 saturated heterocycles. The molecule has 0 atom stereocenters. The van der Waals surface area contributed by atoms with E-state index in [1.807, 2.05) is 0 Å². The smallest absolute Gasteiger partial charge is 0.306 e. The van der Waals surface area contributed by atoms with Gasteiger partial charge in [-0.1, -0.05) is 0 Å². The van der Waals surface area contributed by atoms with Gasteiger partial charge in [0.2, 0.25) is 0 Å². The summed E-state index contributed by atoms with van der Waals surface area (Å²) >= 11 is 0. The summed E-state index contributed by atoms with van der Waals surface area (Å²) in [6.07, 6.45) is 0. The standard InChI is InChI=1S/CH4N2O3S/c2-3-1-7(4,5)6/h1H,2H2,(H,4,5,6)/b3-1+. The molecule has 42 valence electrons. The maximum Gasteiger partial charge on any atom is 0.306 e. The van der Waals surface area contributed by atoms with Crippen LogP contribution in [0.2, 0.25) is 0 Å². The van der Waals surface area contributed by atoms with Crippen molar-refractivity contribution >= 4 is 15.7 Å². The quantitative estimate of drug-likeness (QED) is 0.150. The number of hydrazone groups is 1. The zero-order valence-corrected chi connectivity index (χ0v) is 4.09. The predicted molar refractivity (Wildman–Crippen MR) is 24.2 cm³/mol. The van der Waals surface area contributed by atoms with Gasteiger partial charge in [-0.3, -0.25) is 4.55 Å². The molecule has 6 heteroatoms. The SMILES string of the molecule is N/N=C/S(=O)(=O)O. The van der Waals surface area contributed by atoms with Gasteiger partial charge in [0.1, 0.15) is 0 Å². The highest BCUT2D eigenvalue weighted by molar-refractivity contribution is 7.99. The minimum Gasteiger partial charge on any atom is -0.323 e. The van der Waals surface area contributed by atoms with Gasteiger partial charge in [0, 0.05) is 0 Å². The average Bonchev–Trinajstić information content (AvgIpc) is 1.30. The molecular weight excluding hydrogens is 120 g/mol. The van der Waals surface area contributed by atoms with Gasteiger partial charge in [-0.15, -0.1) is 0 Å². The molecule has 0 amide bonds. The molecule has 0 saturated carbocycles. The summed E-state index contributed by atoms with van der Waals surface area (Å²) in [6.45, 7) is 0. The fourth-order valence-electron chi connectivity index (χ4n) is 0.0769. The Morgan fingerprint density at radius 2 is 2.14 bits per heavy atom. The molecule has 7 heavy (non-hydrogen) atoms. The Bertz CT molecular complexity index is 156. The van der Waals surface area contributed by atoms with E-state index in [1.165, 1.54) is 0 Å². The third-order valence-corrected chi connectivity index (χ3v) is 0.582. The van der Waals surface area contributed by atoms with Gasteiger partial charge in [-0.2, -0.15) is 13.5 Å². The molecule has 0 radical (unpaired) electrons. The van der Waals surface area contributed by atoms with E-state index in [0.29, 0.717) is 0 Å². The van der Waals surface area contributed by atoms with Crippen molar-refractivity contribution in [3.63, 3.8) is 0 Å². The summed E-state index contributed by atoms with van der Waals surface area (Å²) in [5.74, 6) is 4.34. The first-order valence-electron chi connectivity index (χ1n) is 1.27. The molecule has 0 aromatic rings. The molecule has 0 aliphatic heterocycles. The number of hydrogen-bond acceptors (Lipinski definition) is 4. The number of nitrogens with zero attached hydrogens (tertiary/aromatic N) is 1. The Balaban J connectivity index is 4.13. The van der Waals surface area contributed by atoms with Crippen molar-refractivity contribution in [1.29, 1.82) is 0 Å². The van der Waals surface area contributed by atoms with Gasteiger partial charge >= 0.3 is 10.1 Å². The first-order valence-corrected chi connectivity index (χ1v) is 2.77. The van der Waals surface area contributed by atoms with E-state index in [2.05, 4.69) is 10.9 Å². The van der Waals surface area contributed by atoms with Crippen LogP contribution in [0, 0.1) is 0 Å². The van der Waals surface area contributed by atoms with Crippen LogP contribution in [0.1, 0.15) is 0 Å². The van der Waals surface area contributed by atoms with E-state index in [4.69, 9.17) is 4.55 Å². The Hall–Kier alpha value is -0.620.